The molecular weight excluding hydrogens is 238 g/mol. The van der Waals surface area contributed by atoms with Crippen molar-refractivity contribution in [2.75, 3.05) is 5.73 Å². The van der Waals surface area contributed by atoms with Crippen LogP contribution in [0.2, 0.25) is 0 Å². The number of rotatable bonds is 4. The second-order valence-corrected chi connectivity index (χ2v) is 5.62. The number of ether oxygens (including phenoxy) is 1. The van der Waals surface area contributed by atoms with Gasteiger partial charge in [0.15, 0.2) is 0 Å². The molecule has 1 saturated carbocycles. The predicted molar refractivity (Wildman–Crippen MR) is 77.2 cm³/mol. The lowest BCUT2D eigenvalue weighted by atomic mass is 9.88. The Morgan fingerprint density at radius 2 is 2.00 bits per heavy atom. The van der Waals surface area contributed by atoms with Crippen molar-refractivity contribution in [1.82, 2.24) is 9.97 Å². The van der Waals surface area contributed by atoms with Gasteiger partial charge in [0.05, 0.1) is 5.56 Å². The summed E-state index contributed by atoms with van der Waals surface area (Å²) in [6, 6.07) is 0. The first-order chi connectivity index (χ1) is 9.11. The molecule has 0 amide bonds. The van der Waals surface area contributed by atoms with Gasteiger partial charge in [0.1, 0.15) is 17.7 Å². The van der Waals surface area contributed by atoms with Gasteiger partial charge < -0.3 is 10.5 Å². The van der Waals surface area contributed by atoms with Crippen LogP contribution in [0.4, 0.5) is 5.82 Å². The van der Waals surface area contributed by atoms with Gasteiger partial charge in [-0.2, -0.15) is 4.98 Å². The largest absolute Gasteiger partial charge is 0.474 e. The molecule has 0 radical (unpaired) electrons. The first kappa shape index (κ1) is 14.1. The van der Waals surface area contributed by atoms with Crippen LogP contribution in [0.25, 0.3) is 0 Å². The number of nitrogens with two attached hydrogens (primary N) is 1. The number of nitrogen functional groups attached to an aromatic ring is 1. The smallest absolute Gasteiger partial charge is 0.222 e. The average Bonchev–Trinajstić information content (AvgIpc) is 2.38. The monoisotopic (exact) mass is 263 g/mol. The first-order valence-corrected chi connectivity index (χ1v) is 7.41. The third-order valence-corrected chi connectivity index (χ3v) is 3.95. The molecule has 0 bridgehead atoms. The van der Waals surface area contributed by atoms with Crippen molar-refractivity contribution in [2.45, 2.75) is 65.4 Å². The highest BCUT2D eigenvalue weighted by atomic mass is 16.5. The van der Waals surface area contributed by atoms with E-state index in [0.29, 0.717) is 17.6 Å². The van der Waals surface area contributed by atoms with E-state index in [1.807, 2.05) is 6.92 Å². The zero-order valence-electron chi connectivity index (χ0n) is 12.3. The summed E-state index contributed by atoms with van der Waals surface area (Å²) in [6.07, 6.45) is 7.06. The fourth-order valence-corrected chi connectivity index (χ4v) is 2.61. The average molecular weight is 263 g/mol. The van der Waals surface area contributed by atoms with Gasteiger partial charge in [0, 0.05) is 6.42 Å². The van der Waals surface area contributed by atoms with Crippen LogP contribution in [0.3, 0.4) is 0 Å². The number of aryl methyl sites for hydroxylation is 1. The van der Waals surface area contributed by atoms with E-state index in [0.717, 1.165) is 30.7 Å². The van der Waals surface area contributed by atoms with Crippen LogP contribution in [0.1, 0.15) is 57.3 Å². The fraction of sp³-hybridized carbons (Fsp3) is 0.733. The van der Waals surface area contributed by atoms with Crippen LogP contribution in [0, 0.1) is 12.8 Å². The summed E-state index contributed by atoms with van der Waals surface area (Å²) < 4.78 is 6.14. The molecule has 1 aromatic rings. The minimum absolute atomic E-state index is 0.274. The number of anilines is 1. The van der Waals surface area contributed by atoms with Crippen molar-refractivity contribution in [1.29, 1.82) is 0 Å². The van der Waals surface area contributed by atoms with E-state index < -0.39 is 0 Å². The molecule has 1 aliphatic rings. The summed E-state index contributed by atoms with van der Waals surface area (Å²) in [4.78, 5) is 8.86. The summed E-state index contributed by atoms with van der Waals surface area (Å²) in [5.41, 5.74) is 6.83. The van der Waals surface area contributed by atoms with Crippen LogP contribution < -0.4 is 10.5 Å². The maximum atomic E-state index is 6.14. The maximum Gasteiger partial charge on any atom is 0.222 e. The summed E-state index contributed by atoms with van der Waals surface area (Å²) in [6.45, 7) is 6.31. The number of aromatic nitrogens is 2. The summed E-state index contributed by atoms with van der Waals surface area (Å²) in [7, 11) is 0. The Bertz CT molecular complexity index is 434. The third-order valence-electron chi connectivity index (χ3n) is 3.95. The highest BCUT2D eigenvalue weighted by molar-refractivity contribution is 5.44. The normalized spacial score (nSPS) is 23.3. The van der Waals surface area contributed by atoms with E-state index in [9.17, 15) is 0 Å². The van der Waals surface area contributed by atoms with Gasteiger partial charge in [0.2, 0.25) is 5.88 Å². The van der Waals surface area contributed by atoms with Gasteiger partial charge >= 0.3 is 0 Å². The Labute approximate surface area is 115 Å². The Balaban J connectivity index is 2.18. The molecule has 1 fully saturated rings. The summed E-state index contributed by atoms with van der Waals surface area (Å²) in [5, 5.41) is 0. The van der Waals surface area contributed by atoms with E-state index in [2.05, 4.69) is 23.8 Å². The fourth-order valence-electron chi connectivity index (χ4n) is 2.61. The van der Waals surface area contributed by atoms with E-state index in [-0.39, 0.29) is 6.10 Å². The molecule has 2 atom stereocenters. The number of hydrogen-bond donors (Lipinski definition) is 1. The molecule has 0 aromatic carbocycles. The second kappa shape index (κ2) is 6.22. The lowest BCUT2D eigenvalue weighted by Crippen LogP contribution is -2.29. The zero-order valence-corrected chi connectivity index (χ0v) is 12.3. The molecule has 19 heavy (non-hydrogen) atoms. The SMILES string of the molecule is CCCc1nc(N)c(C)c(OC2CCCCC2C)n1. The van der Waals surface area contributed by atoms with Crippen molar-refractivity contribution < 1.29 is 4.74 Å². The van der Waals surface area contributed by atoms with Crippen LogP contribution in [0.5, 0.6) is 5.88 Å². The van der Waals surface area contributed by atoms with Crippen molar-refractivity contribution in [3.63, 3.8) is 0 Å². The van der Waals surface area contributed by atoms with Gasteiger partial charge in [0.25, 0.3) is 0 Å². The Hall–Kier alpha value is -1.32. The molecule has 4 heteroatoms. The molecular formula is C15H25N3O. The standard InChI is InChI=1S/C15H25N3O/c1-4-7-13-17-14(16)11(3)15(18-13)19-12-9-6-5-8-10(12)2/h10,12H,4-9H2,1-3H3,(H2,16,17,18). The first-order valence-electron chi connectivity index (χ1n) is 7.41. The highest BCUT2D eigenvalue weighted by Gasteiger charge is 2.24. The lowest BCUT2D eigenvalue weighted by molar-refractivity contribution is 0.0964. The molecule has 2 unspecified atom stereocenters. The van der Waals surface area contributed by atoms with E-state index >= 15 is 0 Å². The van der Waals surface area contributed by atoms with Gasteiger partial charge in [-0.1, -0.05) is 20.3 Å². The molecule has 1 aliphatic carbocycles. The van der Waals surface area contributed by atoms with Crippen LogP contribution in [-0.4, -0.2) is 16.1 Å². The predicted octanol–water partition coefficient (Wildman–Crippen LogP) is 3.28. The molecule has 2 N–H and O–H groups in total. The number of nitrogens with zero attached hydrogens (tertiary/aromatic N) is 2. The van der Waals surface area contributed by atoms with Crippen molar-refractivity contribution in [3.8, 4) is 5.88 Å². The van der Waals surface area contributed by atoms with E-state index in [1.165, 1.54) is 19.3 Å². The maximum absolute atomic E-state index is 6.14. The third kappa shape index (κ3) is 3.37. The summed E-state index contributed by atoms with van der Waals surface area (Å²) >= 11 is 0. The molecule has 4 nitrogen and oxygen atoms in total. The van der Waals surface area contributed by atoms with Crippen molar-refractivity contribution in [3.05, 3.63) is 11.4 Å². The zero-order chi connectivity index (χ0) is 13.8. The van der Waals surface area contributed by atoms with E-state index in [4.69, 9.17) is 10.5 Å². The number of hydrogen-bond acceptors (Lipinski definition) is 4. The molecule has 0 saturated heterocycles. The van der Waals surface area contributed by atoms with Crippen molar-refractivity contribution >= 4 is 5.82 Å². The van der Waals surface area contributed by atoms with Crippen LogP contribution in [-0.2, 0) is 6.42 Å². The second-order valence-electron chi connectivity index (χ2n) is 5.62. The topological polar surface area (TPSA) is 61.0 Å². The Morgan fingerprint density at radius 3 is 2.68 bits per heavy atom. The lowest BCUT2D eigenvalue weighted by Gasteiger charge is -2.29. The van der Waals surface area contributed by atoms with Gasteiger partial charge in [-0.3, -0.25) is 0 Å². The minimum Gasteiger partial charge on any atom is -0.474 e. The van der Waals surface area contributed by atoms with Gasteiger partial charge in [-0.15, -0.1) is 0 Å². The Kier molecular flexibility index (Phi) is 4.61. The molecule has 106 valence electrons. The molecule has 2 rings (SSSR count). The van der Waals surface area contributed by atoms with Crippen molar-refractivity contribution in [2.24, 2.45) is 5.92 Å². The minimum atomic E-state index is 0.274. The quantitative estimate of drug-likeness (QED) is 0.905. The van der Waals surface area contributed by atoms with Crippen LogP contribution in [0.15, 0.2) is 0 Å². The highest BCUT2D eigenvalue weighted by Crippen LogP contribution is 2.29. The molecule has 0 spiro atoms. The Morgan fingerprint density at radius 1 is 1.26 bits per heavy atom. The summed E-state index contributed by atoms with van der Waals surface area (Å²) in [5.74, 6) is 2.63. The molecule has 0 aliphatic heterocycles. The van der Waals surface area contributed by atoms with Gasteiger partial charge in [-0.25, -0.2) is 4.98 Å². The molecule has 1 heterocycles. The molecule has 1 aromatic heterocycles. The van der Waals surface area contributed by atoms with Crippen LogP contribution >= 0.6 is 0 Å². The van der Waals surface area contributed by atoms with E-state index in [1.54, 1.807) is 0 Å². The van der Waals surface area contributed by atoms with Gasteiger partial charge in [-0.05, 0) is 38.5 Å².